The highest BCUT2D eigenvalue weighted by Crippen LogP contribution is 2.21. The molecule has 2 fully saturated rings. The van der Waals surface area contributed by atoms with E-state index in [0.29, 0.717) is 39.3 Å². The molecule has 1 atom stereocenters. The molecular weight excluding hydrogens is 452 g/mol. The summed E-state index contributed by atoms with van der Waals surface area (Å²) in [5.74, 6) is -0.253. The highest BCUT2D eigenvalue weighted by Gasteiger charge is 2.27. The Morgan fingerprint density at radius 1 is 1.14 bits per heavy atom. The zero-order chi connectivity index (χ0) is 24.8. The first-order chi connectivity index (χ1) is 16.9. The van der Waals surface area contributed by atoms with E-state index in [2.05, 4.69) is 14.9 Å². The molecular formula is C24H30N6O5. The van der Waals surface area contributed by atoms with Gasteiger partial charge in [-0.15, -0.1) is 0 Å². The Bertz CT molecular complexity index is 1030. The maximum atomic E-state index is 13.1. The monoisotopic (exact) mass is 482 g/mol. The van der Waals surface area contributed by atoms with Gasteiger partial charge in [0.15, 0.2) is 0 Å². The molecule has 0 N–H and O–H groups in total. The van der Waals surface area contributed by atoms with Gasteiger partial charge < -0.3 is 19.4 Å². The van der Waals surface area contributed by atoms with Crippen molar-refractivity contribution in [2.45, 2.75) is 32.3 Å². The molecule has 4 rings (SSSR count). The summed E-state index contributed by atoms with van der Waals surface area (Å²) in [5.41, 5.74) is 1.95. The zero-order valence-electron chi connectivity index (χ0n) is 19.8. The number of aromatic nitrogens is 2. The van der Waals surface area contributed by atoms with Crippen LogP contribution in [0.25, 0.3) is 0 Å². The van der Waals surface area contributed by atoms with Gasteiger partial charge in [-0.3, -0.25) is 24.7 Å². The molecule has 0 aliphatic carbocycles. The highest BCUT2D eigenvalue weighted by molar-refractivity contribution is 5.92. The van der Waals surface area contributed by atoms with Crippen molar-refractivity contribution in [3.63, 3.8) is 0 Å². The minimum absolute atomic E-state index is 0.00604. The highest BCUT2D eigenvalue weighted by atomic mass is 16.6. The lowest BCUT2D eigenvalue weighted by Crippen LogP contribution is -2.49. The molecule has 0 bridgehead atoms. The van der Waals surface area contributed by atoms with Crippen molar-refractivity contribution in [3.8, 4) is 0 Å². The van der Waals surface area contributed by atoms with E-state index < -0.39 is 4.92 Å². The van der Waals surface area contributed by atoms with Crippen molar-refractivity contribution in [2.24, 2.45) is 0 Å². The molecule has 2 aliphatic heterocycles. The zero-order valence-corrected chi connectivity index (χ0v) is 19.8. The van der Waals surface area contributed by atoms with Crippen molar-refractivity contribution in [1.82, 2.24) is 19.8 Å². The second-order valence-corrected chi connectivity index (χ2v) is 8.82. The largest absolute Gasteiger partial charge is 0.376 e. The number of aryl methyl sites for hydroxylation is 1. The number of non-ortho nitro benzene ring substituents is 1. The molecule has 0 radical (unpaired) electrons. The maximum Gasteiger partial charge on any atom is 0.274 e. The van der Waals surface area contributed by atoms with Crippen LogP contribution in [0.5, 0.6) is 0 Å². The summed E-state index contributed by atoms with van der Waals surface area (Å²) in [5, 5.41) is 10.9. The van der Waals surface area contributed by atoms with E-state index in [0.717, 1.165) is 24.2 Å². The lowest BCUT2D eigenvalue weighted by molar-refractivity contribution is -0.384. The lowest BCUT2D eigenvalue weighted by Gasteiger charge is -2.36. The van der Waals surface area contributed by atoms with Gasteiger partial charge in [0.2, 0.25) is 5.91 Å². The molecule has 2 aromatic rings. The number of nitro groups is 1. The quantitative estimate of drug-likeness (QED) is 0.414. The molecule has 3 heterocycles. The predicted molar refractivity (Wildman–Crippen MR) is 128 cm³/mol. The van der Waals surface area contributed by atoms with Crippen LogP contribution in [0.1, 0.15) is 35.4 Å². The number of ether oxygens (including phenoxy) is 1. The van der Waals surface area contributed by atoms with Gasteiger partial charge in [-0.05, 0) is 31.9 Å². The molecule has 1 unspecified atom stereocenters. The molecule has 2 amide bonds. The molecule has 1 aromatic carbocycles. The van der Waals surface area contributed by atoms with E-state index in [1.54, 1.807) is 23.2 Å². The number of nitro benzene ring substituents is 1. The third-order valence-corrected chi connectivity index (χ3v) is 6.39. The number of nitrogens with zero attached hydrogens (tertiary/aromatic N) is 6. The number of rotatable bonds is 8. The predicted octanol–water partition coefficient (Wildman–Crippen LogP) is 2.05. The van der Waals surface area contributed by atoms with Gasteiger partial charge >= 0.3 is 0 Å². The topological polar surface area (TPSA) is 122 Å². The van der Waals surface area contributed by atoms with Gasteiger partial charge in [0.05, 0.1) is 22.9 Å². The number of carbonyl (C=O) groups excluding carboxylic acids is 2. The normalized spacial score (nSPS) is 17.9. The first-order valence-corrected chi connectivity index (χ1v) is 11.9. The van der Waals surface area contributed by atoms with E-state index in [1.165, 1.54) is 18.3 Å². The fourth-order valence-corrected chi connectivity index (χ4v) is 4.36. The van der Waals surface area contributed by atoms with Crippen molar-refractivity contribution < 1.29 is 19.2 Å². The Morgan fingerprint density at radius 3 is 2.49 bits per heavy atom. The Labute approximate surface area is 203 Å². The lowest BCUT2D eigenvalue weighted by atomic mass is 10.2. The van der Waals surface area contributed by atoms with Crippen LogP contribution in [0.2, 0.25) is 0 Å². The molecule has 1 aromatic heterocycles. The molecule has 2 aliphatic rings. The van der Waals surface area contributed by atoms with E-state index in [1.807, 2.05) is 11.8 Å². The van der Waals surface area contributed by atoms with Crippen LogP contribution in [0.4, 0.5) is 11.4 Å². The smallest absolute Gasteiger partial charge is 0.274 e. The van der Waals surface area contributed by atoms with Crippen LogP contribution < -0.4 is 4.90 Å². The number of hydrogen-bond acceptors (Lipinski definition) is 8. The SMILES string of the molecule is Cc1cnc(C(=O)N(CCC(=O)N2CCN(c3ccc([N+](=O)[O-])cc3)CC2)CC2CCCO2)cn1. The number of anilines is 1. The number of benzene rings is 1. The van der Waals surface area contributed by atoms with Crippen molar-refractivity contribution in [2.75, 3.05) is 50.8 Å². The standard InChI is InChI=1S/C24H30N6O5/c1-18-15-26-22(16-25-18)24(32)29(17-21-3-2-14-35-21)9-8-23(31)28-12-10-27(11-13-28)19-4-6-20(7-5-19)30(33)34/h4-7,15-16,21H,2-3,8-14,17H2,1H3. The maximum absolute atomic E-state index is 13.1. The van der Waals surface area contributed by atoms with Gasteiger partial charge in [0.1, 0.15) is 5.69 Å². The molecule has 186 valence electrons. The Balaban J connectivity index is 1.32. The fourth-order valence-electron chi connectivity index (χ4n) is 4.36. The van der Waals surface area contributed by atoms with Gasteiger partial charge in [0, 0.05) is 76.3 Å². The van der Waals surface area contributed by atoms with Crippen molar-refractivity contribution >= 4 is 23.2 Å². The summed E-state index contributed by atoms with van der Waals surface area (Å²) < 4.78 is 5.72. The molecule has 0 saturated carbocycles. The van der Waals surface area contributed by atoms with Crippen LogP contribution in [-0.4, -0.2) is 88.5 Å². The summed E-state index contributed by atoms with van der Waals surface area (Å²) in [7, 11) is 0. The summed E-state index contributed by atoms with van der Waals surface area (Å²) >= 11 is 0. The minimum Gasteiger partial charge on any atom is -0.376 e. The Morgan fingerprint density at radius 2 is 1.89 bits per heavy atom. The van der Waals surface area contributed by atoms with Gasteiger partial charge in [-0.25, -0.2) is 4.98 Å². The number of carbonyl (C=O) groups is 2. The second-order valence-electron chi connectivity index (χ2n) is 8.82. The number of piperazine rings is 1. The van der Waals surface area contributed by atoms with Crippen molar-refractivity contribution in [3.05, 3.63) is 58.2 Å². The summed E-state index contributed by atoms with van der Waals surface area (Å²) in [4.78, 5) is 50.4. The average molecular weight is 483 g/mol. The van der Waals surface area contributed by atoms with Crippen LogP contribution in [0, 0.1) is 17.0 Å². The van der Waals surface area contributed by atoms with Gasteiger partial charge in [-0.2, -0.15) is 0 Å². The van der Waals surface area contributed by atoms with E-state index >= 15 is 0 Å². The van der Waals surface area contributed by atoms with Crippen molar-refractivity contribution in [1.29, 1.82) is 0 Å². The van der Waals surface area contributed by atoms with Crippen LogP contribution in [0.3, 0.4) is 0 Å². The minimum atomic E-state index is -0.418. The average Bonchev–Trinajstić information content (AvgIpc) is 3.40. The molecule has 2 saturated heterocycles. The van der Waals surface area contributed by atoms with Crippen LogP contribution >= 0.6 is 0 Å². The fraction of sp³-hybridized carbons (Fsp3) is 0.500. The molecule has 11 heteroatoms. The Kier molecular flexibility index (Phi) is 7.86. The number of amides is 2. The van der Waals surface area contributed by atoms with Crippen LogP contribution in [-0.2, 0) is 9.53 Å². The van der Waals surface area contributed by atoms with Crippen LogP contribution in [0.15, 0.2) is 36.7 Å². The van der Waals surface area contributed by atoms with E-state index in [-0.39, 0.29) is 42.3 Å². The summed E-state index contributed by atoms with van der Waals surface area (Å²) in [6, 6.07) is 6.45. The first kappa shape index (κ1) is 24.5. The molecule has 11 nitrogen and oxygen atoms in total. The Hall–Kier alpha value is -3.60. The molecule has 35 heavy (non-hydrogen) atoms. The summed E-state index contributed by atoms with van der Waals surface area (Å²) in [6.45, 7) is 5.60. The third kappa shape index (κ3) is 6.30. The summed E-state index contributed by atoms with van der Waals surface area (Å²) in [6.07, 6.45) is 5.08. The number of hydrogen-bond donors (Lipinski definition) is 0. The van der Waals surface area contributed by atoms with Gasteiger partial charge in [-0.1, -0.05) is 0 Å². The van der Waals surface area contributed by atoms with Gasteiger partial charge in [0.25, 0.3) is 11.6 Å². The van der Waals surface area contributed by atoms with E-state index in [9.17, 15) is 19.7 Å². The van der Waals surface area contributed by atoms with E-state index in [4.69, 9.17) is 4.74 Å². The second kappa shape index (κ2) is 11.2. The third-order valence-electron chi connectivity index (χ3n) is 6.39. The first-order valence-electron chi connectivity index (χ1n) is 11.9. The molecule has 0 spiro atoms.